The highest BCUT2D eigenvalue weighted by molar-refractivity contribution is 8.00. The predicted molar refractivity (Wildman–Crippen MR) is 85.0 cm³/mol. The molecule has 3 nitrogen and oxygen atoms in total. The first-order chi connectivity index (χ1) is 9.72. The average molecular weight is 296 g/mol. The second-order valence-electron chi connectivity index (χ2n) is 6.92. The summed E-state index contributed by atoms with van der Waals surface area (Å²) in [6.45, 7) is 0.862. The standard InChI is InChI=1S/C16H28N2OS/c1-20-16(8-4-5-9-16)11-17-15(19)14-10-12-6-2-3-7-13(12)18-14/h12-14,18H,2-11H2,1H3,(H,17,19). The molecule has 1 aliphatic heterocycles. The van der Waals surface area contributed by atoms with Crippen molar-refractivity contribution in [3.8, 4) is 0 Å². The first kappa shape index (κ1) is 14.7. The molecule has 3 rings (SSSR count). The van der Waals surface area contributed by atoms with E-state index in [0.717, 1.165) is 18.9 Å². The molecule has 0 radical (unpaired) electrons. The molecule has 2 saturated carbocycles. The maximum Gasteiger partial charge on any atom is 0.237 e. The van der Waals surface area contributed by atoms with Crippen molar-refractivity contribution in [1.29, 1.82) is 0 Å². The SMILES string of the molecule is CSC1(CNC(=O)C2CC3CCCCC3N2)CCCC1. The molecule has 0 bridgehead atoms. The van der Waals surface area contributed by atoms with Crippen LogP contribution in [0.25, 0.3) is 0 Å². The van der Waals surface area contributed by atoms with Gasteiger partial charge in [0.15, 0.2) is 0 Å². The lowest BCUT2D eigenvalue weighted by Crippen LogP contribution is -2.47. The molecule has 1 saturated heterocycles. The van der Waals surface area contributed by atoms with Crippen LogP contribution in [0.1, 0.15) is 57.8 Å². The second kappa shape index (κ2) is 6.27. The van der Waals surface area contributed by atoms with E-state index in [2.05, 4.69) is 16.9 Å². The number of carbonyl (C=O) groups excluding carboxylic acids is 1. The van der Waals surface area contributed by atoms with E-state index in [9.17, 15) is 4.79 Å². The first-order valence-corrected chi connectivity index (χ1v) is 9.54. The van der Waals surface area contributed by atoms with Crippen LogP contribution >= 0.6 is 11.8 Å². The van der Waals surface area contributed by atoms with Gasteiger partial charge in [-0.25, -0.2) is 0 Å². The molecule has 1 amide bonds. The van der Waals surface area contributed by atoms with Gasteiger partial charge in [0.1, 0.15) is 0 Å². The molecule has 3 aliphatic rings. The number of hydrogen-bond donors (Lipinski definition) is 2. The molecule has 1 heterocycles. The van der Waals surface area contributed by atoms with Crippen molar-refractivity contribution in [2.45, 2.75) is 74.6 Å². The molecular formula is C16H28N2OS. The summed E-state index contributed by atoms with van der Waals surface area (Å²) in [6.07, 6.45) is 13.7. The fourth-order valence-corrected chi connectivity index (χ4v) is 5.28. The van der Waals surface area contributed by atoms with Crippen LogP contribution in [0.4, 0.5) is 0 Å². The lowest BCUT2D eigenvalue weighted by molar-refractivity contribution is -0.123. The van der Waals surface area contributed by atoms with Crippen molar-refractivity contribution in [2.24, 2.45) is 5.92 Å². The lowest BCUT2D eigenvalue weighted by Gasteiger charge is -2.27. The van der Waals surface area contributed by atoms with Gasteiger partial charge in [0.05, 0.1) is 6.04 Å². The Hall–Kier alpha value is -0.220. The molecule has 2 N–H and O–H groups in total. The highest BCUT2D eigenvalue weighted by atomic mass is 32.2. The molecule has 3 unspecified atom stereocenters. The zero-order chi connectivity index (χ0) is 14.0. The molecule has 20 heavy (non-hydrogen) atoms. The Morgan fingerprint density at radius 1 is 1.25 bits per heavy atom. The minimum atomic E-state index is 0.0726. The van der Waals surface area contributed by atoms with Crippen molar-refractivity contribution in [3.63, 3.8) is 0 Å². The Morgan fingerprint density at radius 3 is 2.70 bits per heavy atom. The quantitative estimate of drug-likeness (QED) is 0.838. The molecular weight excluding hydrogens is 268 g/mol. The third-order valence-corrected chi connectivity index (χ3v) is 7.13. The van der Waals surface area contributed by atoms with Crippen LogP contribution in [0.3, 0.4) is 0 Å². The van der Waals surface area contributed by atoms with Gasteiger partial charge in [-0.15, -0.1) is 0 Å². The summed E-state index contributed by atoms with van der Waals surface area (Å²) in [7, 11) is 0. The number of carbonyl (C=O) groups is 1. The molecule has 3 fully saturated rings. The highest BCUT2D eigenvalue weighted by Gasteiger charge is 2.39. The van der Waals surface area contributed by atoms with E-state index in [1.54, 1.807) is 0 Å². The molecule has 0 aromatic rings. The third kappa shape index (κ3) is 3.01. The molecule has 4 heteroatoms. The second-order valence-corrected chi connectivity index (χ2v) is 8.19. The summed E-state index contributed by atoms with van der Waals surface area (Å²) in [4.78, 5) is 12.4. The van der Waals surface area contributed by atoms with E-state index in [1.807, 2.05) is 11.8 Å². The summed E-state index contributed by atoms with van der Waals surface area (Å²) >= 11 is 1.95. The number of nitrogens with one attached hydrogen (secondary N) is 2. The van der Waals surface area contributed by atoms with Crippen LogP contribution in [0, 0.1) is 5.92 Å². The molecule has 2 aliphatic carbocycles. The Kier molecular flexibility index (Phi) is 4.61. The van der Waals surface area contributed by atoms with Gasteiger partial charge in [0, 0.05) is 17.3 Å². The van der Waals surface area contributed by atoms with E-state index >= 15 is 0 Å². The van der Waals surface area contributed by atoms with Gasteiger partial charge in [-0.2, -0.15) is 11.8 Å². The van der Waals surface area contributed by atoms with Gasteiger partial charge >= 0.3 is 0 Å². The normalized spacial score (nSPS) is 35.8. The van der Waals surface area contributed by atoms with Crippen molar-refractivity contribution < 1.29 is 4.79 Å². The van der Waals surface area contributed by atoms with Gasteiger partial charge in [-0.05, 0) is 44.3 Å². The average Bonchev–Trinajstić information content (AvgIpc) is 3.12. The smallest absolute Gasteiger partial charge is 0.237 e. The van der Waals surface area contributed by atoms with Crippen molar-refractivity contribution >= 4 is 17.7 Å². The van der Waals surface area contributed by atoms with E-state index in [0.29, 0.717) is 10.8 Å². The Balaban J connectivity index is 1.50. The number of amides is 1. The fourth-order valence-electron chi connectivity index (χ4n) is 4.36. The molecule has 0 aromatic heterocycles. The Labute approximate surface area is 127 Å². The summed E-state index contributed by atoms with van der Waals surface area (Å²) in [6, 6.07) is 0.684. The molecule has 0 spiro atoms. The summed E-state index contributed by atoms with van der Waals surface area (Å²) in [5.74, 6) is 1.00. The van der Waals surface area contributed by atoms with Crippen LogP contribution in [-0.2, 0) is 4.79 Å². The third-order valence-electron chi connectivity index (χ3n) is 5.71. The minimum absolute atomic E-state index is 0.0726. The van der Waals surface area contributed by atoms with E-state index in [1.165, 1.54) is 51.4 Å². The first-order valence-electron chi connectivity index (χ1n) is 8.31. The highest BCUT2D eigenvalue weighted by Crippen LogP contribution is 2.39. The van der Waals surface area contributed by atoms with Gasteiger partial charge in [-0.1, -0.05) is 25.7 Å². The Morgan fingerprint density at radius 2 is 2.00 bits per heavy atom. The van der Waals surface area contributed by atoms with Crippen LogP contribution in [0.5, 0.6) is 0 Å². The van der Waals surface area contributed by atoms with Gasteiger partial charge < -0.3 is 10.6 Å². The summed E-state index contributed by atoms with van der Waals surface area (Å²) in [5.41, 5.74) is 0. The van der Waals surface area contributed by atoms with Crippen molar-refractivity contribution in [1.82, 2.24) is 10.6 Å². The van der Waals surface area contributed by atoms with Crippen molar-refractivity contribution in [2.75, 3.05) is 12.8 Å². The number of thioether (sulfide) groups is 1. The number of fused-ring (bicyclic) bond motifs is 1. The fraction of sp³-hybridized carbons (Fsp3) is 0.938. The van der Waals surface area contributed by atoms with E-state index in [-0.39, 0.29) is 11.9 Å². The molecule has 3 atom stereocenters. The largest absolute Gasteiger partial charge is 0.353 e. The number of hydrogen-bond acceptors (Lipinski definition) is 3. The van der Waals surface area contributed by atoms with E-state index < -0.39 is 0 Å². The Bertz CT molecular complexity index is 340. The summed E-state index contributed by atoms with van der Waals surface area (Å²) in [5, 5.41) is 6.83. The van der Waals surface area contributed by atoms with Crippen LogP contribution in [-0.4, -0.2) is 35.5 Å². The number of rotatable bonds is 4. The zero-order valence-electron chi connectivity index (χ0n) is 12.6. The lowest BCUT2D eigenvalue weighted by atomic mass is 9.85. The molecule has 114 valence electrons. The van der Waals surface area contributed by atoms with Crippen LogP contribution < -0.4 is 10.6 Å². The summed E-state index contributed by atoms with van der Waals surface area (Å²) < 4.78 is 0.320. The van der Waals surface area contributed by atoms with Gasteiger partial charge in [0.2, 0.25) is 5.91 Å². The topological polar surface area (TPSA) is 41.1 Å². The zero-order valence-corrected chi connectivity index (χ0v) is 13.4. The monoisotopic (exact) mass is 296 g/mol. The van der Waals surface area contributed by atoms with Crippen LogP contribution in [0.15, 0.2) is 0 Å². The minimum Gasteiger partial charge on any atom is -0.353 e. The maximum absolute atomic E-state index is 12.4. The van der Waals surface area contributed by atoms with E-state index in [4.69, 9.17) is 0 Å². The predicted octanol–water partition coefficient (Wildman–Crippen LogP) is 2.70. The van der Waals surface area contributed by atoms with Crippen molar-refractivity contribution in [3.05, 3.63) is 0 Å². The maximum atomic E-state index is 12.4. The molecule has 0 aromatic carbocycles. The van der Waals surface area contributed by atoms with Gasteiger partial charge in [-0.3, -0.25) is 4.79 Å². The van der Waals surface area contributed by atoms with Gasteiger partial charge in [0.25, 0.3) is 0 Å². The van der Waals surface area contributed by atoms with Crippen LogP contribution in [0.2, 0.25) is 0 Å².